The number of aromatic nitrogens is 2. The highest BCUT2D eigenvalue weighted by atomic mass is 16.6. The van der Waals surface area contributed by atoms with E-state index in [1.54, 1.807) is 24.9 Å². The van der Waals surface area contributed by atoms with Gasteiger partial charge in [-0.2, -0.15) is 5.10 Å². The molecule has 1 atom stereocenters. The molecule has 0 saturated heterocycles. The molecule has 1 aliphatic heterocycles. The van der Waals surface area contributed by atoms with Crippen LogP contribution in [0.2, 0.25) is 0 Å². The Morgan fingerprint density at radius 2 is 2.33 bits per heavy atom. The fourth-order valence-electron chi connectivity index (χ4n) is 1.58. The van der Waals surface area contributed by atoms with Gasteiger partial charge in [0.2, 0.25) is 6.10 Å². The van der Waals surface area contributed by atoms with Crippen LogP contribution in [0.5, 0.6) is 0 Å². The molecule has 1 amide bonds. The summed E-state index contributed by atoms with van der Waals surface area (Å²) in [6.07, 6.45) is 0.706. The Kier molecular flexibility index (Phi) is 3.00. The van der Waals surface area contributed by atoms with Gasteiger partial charge in [-0.1, -0.05) is 5.16 Å². The Hall–Kier alpha value is -2.38. The van der Waals surface area contributed by atoms with Crippen LogP contribution in [0.3, 0.4) is 0 Å². The van der Waals surface area contributed by atoms with Crippen LogP contribution < -0.4 is 5.32 Å². The van der Waals surface area contributed by atoms with Gasteiger partial charge in [0.1, 0.15) is 0 Å². The minimum Gasteiger partial charge on any atom is -0.477 e. The van der Waals surface area contributed by atoms with Crippen molar-refractivity contribution in [3.05, 3.63) is 11.9 Å². The molecule has 1 aliphatic rings. The minimum absolute atomic E-state index is 0.0412. The number of carbonyl (C=O) groups is 2. The van der Waals surface area contributed by atoms with Crippen molar-refractivity contribution in [1.29, 1.82) is 0 Å². The molecule has 96 valence electrons. The molecule has 8 nitrogen and oxygen atoms in total. The maximum absolute atomic E-state index is 11.8. The van der Waals surface area contributed by atoms with E-state index >= 15 is 0 Å². The molecule has 18 heavy (non-hydrogen) atoms. The molecule has 2 heterocycles. The zero-order valence-electron chi connectivity index (χ0n) is 9.88. The molecule has 1 aromatic rings. The van der Waals surface area contributed by atoms with Crippen molar-refractivity contribution in [2.75, 3.05) is 5.32 Å². The summed E-state index contributed by atoms with van der Waals surface area (Å²) in [5, 5.41) is 18.7. The van der Waals surface area contributed by atoms with Crippen molar-refractivity contribution in [3.8, 4) is 0 Å². The van der Waals surface area contributed by atoms with Gasteiger partial charge in [-0.25, -0.2) is 4.79 Å². The number of nitrogens with one attached hydrogen (secondary N) is 1. The van der Waals surface area contributed by atoms with Gasteiger partial charge in [0.05, 0.1) is 11.4 Å². The van der Waals surface area contributed by atoms with Crippen LogP contribution in [0.4, 0.5) is 5.69 Å². The number of amides is 1. The summed E-state index contributed by atoms with van der Waals surface area (Å²) in [4.78, 5) is 27.2. The molecule has 0 aromatic carbocycles. The Labute approximate surface area is 102 Å². The Morgan fingerprint density at radius 1 is 1.61 bits per heavy atom. The van der Waals surface area contributed by atoms with E-state index < -0.39 is 18.0 Å². The van der Waals surface area contributed by atoms with Crippen LogP contribution in [-0.2, 0) is 21.5 Å². The second kappa shape index (κ2) is 4.47. The molecule has 2 N–H and O–H groups in total. The fraction of sp³-hybridized carbons (Fsp3) is 0.400. The smallest absolute Gasteiger partial charge is 0.353 e. The molecule has 0 fully saturated rings. The number of nitrogens with zero attached hydrogens (tertiary/aromatic N) is 3. The monoisotopic (exact) mass is 252 g/mol. The second-order valence-electron chi connectivity index (χ2n) is 3.93. The van der Waals surface area contributed by atoms with Gasteiger partial charge in [-0.15, -0.1) is 0 Å². The van der Waals surface area contributed by atoms with E-state index in [4.69, 9.17) is 9.94 Å². The van der Waals surface area contributed by atoms with Crippen LogP contribution in [0.25, 0.3) is 0 Å². The number of hydrogen-bond donors (Lipinski definition) is 2. The van der Waals surface area contributed by atoms with Gasteiger partial charge in [0.15, 0.2) is 5.71 Å². The number of carboxylic acid groups (broad SMARTS) is 1. The molecule has 0 radical (unpaired) electrons. The van der Waals surface area contributed by atoms with Crippen LogP contribution in [-0.4, -0.2) is 38.6 Å². The summed E-state index contributed by atoms with van der Waals surface area (Å²) >= 11 is 0. The van der Waals surface area contributed by atoms with Crippen LogP contribution in [0, 0.1) is 6.92 Å². The van der Waals surface area contributed by atoms with E-state index in [2.05, 4.69) is 15.6 Å². The van der Waals surface area contributed by atoms with Crippen molar-refractivity contribution in [2.24, 2.45) is 12.2 Å². The highest BCUT2D eigenvalue weighted by molar-refractivity contribution is 6.36. The van der Waals surface area contributed by atoms with Crippen LogP contribution >= 0.6 is 0 Å². The van der Waals surface area contributed by atoms with Crippen molar-refractivity contribution < 1.29 is 19.5 Å². The lowest BCUT2D eigenvalue weighted by Gasteiger charge is -2.07. The molecular formula is C10H12N4O4. The quantitative estimate of drug-likeness (QED) is 0.781. The lowest BCUT2D eigenvalue weighted by Crippen LogP contribution is -2.29. The first-order valence-corrected chi connectivity index (χ1v) is 5.24. The summed E-state index contributed by atoms with van der Waals surface area (Å²) in [5.74, 6) is -1.62. The molecule has 2 rings (SSSR count). The number of aliphatic carboxylic acids is 1. The number of carbonyl (C=O) groups excluding carboxylic acids is 1. The molecule has 0 bridgehead atoms. The zero-order chi connectivity index (χ0) is 13.3. The highest BCUT2D eigenvalue weighted by Gasteiger charge is 2.31. The number of rotatable bonds is 3. The largest absolute Gasteiger partial charge is 0.477 e. The molecular weight excluding hydrogens is 240 g/mol. The van der Waals surface area contributed by atoms with E-state index in [0.29, 0.717) is 11.4 Å². The van der Waals surface area contributed by atoms with Gasteiger partial charge in [-0.05, 0) is 6.92 Å². The Morgan fingerprint density at radius 3 is 2.83 bits per heavy atom. The molecule has 8 heteroatoms. The Bertz CT molecular complexity index is 534. The second-order valence-corrected chi connectivity index (χ2v) is 3.93. The van der Waals surface area contributed by atoms with Crippen molar-refractivity contribution in [1.82, 2.24) is 9.78 Å². The number of hydrogen-bond acceptors (Lipinski definition) is 5. The number of aryl methyl sites for hydroxylation is 2. The first-order valence-electron chi connectivity index (χ1n) is 5.24. The average Bonchev–Trinajstić information content (AvgIpc) is 2.86. The third-order valence-corrected chi connectivity index (χ3v) is 2.48. The summed E-state index contributed by atoms with van der Waals surface area (Å²) in [6, 6.07) is 0. The SMILES string of the molecule is Cc1nn(C)cc1NC(=O)C1CC(C(=O)O)=NO1. The van der Waals surface area contributed by atoms with E-state index in [9.17, 15) is 9.59 Å². The van der Waals surface area contributed by atoms with E-state index in [1.165, 1.54) is 0 Å². The highest BCUT2D eigenvalue weighted by Crippen LogP contribution is 2.16. The molecule has 0 saturated carbocycles. The summed E-state index contributed by atoms with van der Waals surface area (Å²) < 4.78 is 1.57. The number of carboxylic acids is 1. The topological polar surface area (TPSA) is 106 Å². The van der Waals surface area contributed by atoms with Gasteiger partial charge in [0, 0.05) is 19.7 Å². The van der Waals surface area contributed by atoms with Crippen LogP contribution in [0.15, 0.2) is 11.4 Å². The van der Waals surface area contributed by atoms with Gasteiger partial charge in [-0.3, -0.25) is 9.48 Å². The predicted molar refractivity (Wildman–Crippen MR) is 61.1 cm³/mol. The lowest BCUT2D eigenvalue weighted by molar-refractivity contribution is -0.129. The van der Waals surface area contributed by atoms with Gasteiger partial charge >= 0.3 is 5.97 Å². The van der Waals surface area contributed by atoms with E-state index in [1.807, 2.05) is 0 Å². The maximum atomic E-state index is 11.8. The Balaban J connectivity index is 1.98. The first kappa shape index (κ1) is 12.1. The predicted octanol–water partition coefficient (Wildman–Crippen LogP) is -0.103. The van der Waals surface area contributed by atoms with Crippen molar-refractivity contribution in [2.45, 2.75) is 19.4 Å². The van der Waals surface area contributed by atoms with Gasteiger partial charge < -0.3 is 15.3 Å². The van der Waals surface area contributed by atoms with E-state index in [0.717, 1.165) is 0 Å². The molecule has 0 aliphatic carbocycles. The number of anilines is 1. The standard InChI is InChI=1S/C10H12N4O4/c1-5-7(4-14(2)12-5)11-9(15)8-3-6(10(16)17)13-18-8/h4,8H,3H2,1-2H3,(H,11,15)(H,16,17). The first-order chi connectivity index (χ1) is 8.47. The summed E-state index contributed by atoms with van der Waals surface area (Å²) in [6.45, 7) is 1.75. The molecule has 1 aromatic heterocycles. The minimum atomic E-state index is -1.18. The average molecular weight is 252 g/mol. The van der Waals surface area contributed by atoms with Gasteiger partial charge in [0.25, 0.3) is 5.91 Å². The number of oxime groups is 1. The molecule has 0 spiro atoms. The fourth-order valence-corrected chi connectivity index (χ4v) is 1.58. The van der Waals surface area contributed by atoms with Crippen molar-refractivity contribution >= 4 is 23.3 Å². The maximum Gasteiger partial charge on any atom is 0.353 e. The lowest BCUT2D eigenvalue weighted by atomic mass is 10.1. The summed E-state index contributed by atoms with van der Waals surface area (Å²) in [7, 11) is 1.74. The normalized spacial score (nSPS) is 18.1. The summed E-state index contributed by atoms with van der Waals surface area (Å²) in [5.41, 5.74) is 1.08. The van der Waals surface area contributed by atoms with Crippen LogP contribution in [0.1, 0.15) is 12.1 Å². The molecule has 1 unspecified atom stereocenters. The van der Waals surface area contributed by atoms with E-state index in [-0.39, 0.29) is 12.1 Å². The van der Waals surface area contributed by atoms with Crippen molar-refractivity contribution in [3.63, 3.8) is 0 Å². The third-order valence-electron chi connectivity index (χ3n) is 2.48. The zero-order valence-corrected chi connectivity index (χ0v) is 9.88. The third kappa shape index (κ3) is 2.31.